The molecule has 3 atom stereocenters. The number of carbonyl (C=O) groups excluding carboxylic acids is 7. The molecule has 6 amide bonds. The van der Waals surface area contributed by atoms with Crippen molar-refractivity contribution < 1.29 is 67.1 Å². The van der Waals surface area contributed by atoms with E-state index >= 15 is 0 Å². The maximum Gasteiger partial charge on any atom is 0.414 e. The van der Waals surface area contributed by atoms with Gasteiger partial charge in [-0.1, -0.05) is 81.9 Å². The van der Waals surface area contributed by atoms with E-state index in [4.69, 9.17) is 33.6 Å². The van der Waals surface area contributed by atoms with Gasteiger partial charge in [0.2, 0.25) is 5.24 Å². The first-order valence-corrected chi connectivity index (χ1v) is 41.5. The van der Waals surface area contributed by atoms with Gasteiger partial charge in [0.25, 0.3) is 29.5 Å². The number of aromatic nitrogens is 9. The third-order valence-electron chi connectivity index (χ3n) is 22.1. The lowest BCUT2D eigenvalue weighted by atomic mass is 9.95. The number of aryl methyl sites for hydroxylation is 2. The molecule has 6 aromatic carbocycles. The molecule has 1 aliphatic carbocycles. The van der Waals surface area contributed by atoms with E-state index in [-0.39, 0.29) is 89.9 Å². The zero-order chi connectivity index (χ0) is 90.5. The van der Waals surface area contributed by atoms with Crippen LogP contribution in [0, 0.1) is 17.5 Å². The van der Waals surface area contributed by atoms with Crippen LogP contribution in [0.1, 0.15) is 203 Å². The lowest BCUT2D eigenvalue weighted by molar-refractivity contribution is -0.107. The molecule has 0 fully saturated rings. The fourth-order valence-corrected chi connectivity index (χ4v) is 16.5. The molecule has 27 nitrogen and oxygen atoms in total. The number of nitrogens with zero attached hydrogens (tertiary/aromatic N) is 10. The molecular formula is C94H98ClF4N17O10. The van der Waals surface area contributed by atoms with Crippen LogP contribution in [-0.4, -0.2) is 156 Å². The van der Waals surface area contributed by atoms with E-state index in [0.717, 1.165) is 75.3 Å². The van der Waals surface area contributed by atoms with Crippen molar-refractivity contribution in [2.24, 2.45) is 0 Å². The number of hydrogen-bond donors (Lipinski definition) is 8. The molecule has 0 spiro atoms. The summed E-state index contributed by atoms with van der Waals surface area (Å²) in [5, 5.41) is 32.2. The zero-order valence-electron chi connectivity index (χ0n) is 71.4. The van der Waals surface area contributed by atoms with Gasteiger partial charge in [0.05, 0.1) is 53.5 Å². The maximum absolute atomic E-state index is 13.9. The Morgan fingerprint density at radius 1 is 0.556 bits per heavy atom. The molecule has 654 valence electrons. The van der Waals surface area contributed by atoms with Crippen LogP contribution in [0.2, 0.25) is 0 Å². The minimum Gasteiger partial charge on any atom is -0.476 e. The first kappa shape index (κ1) is 88.2. The molecular weight excluding hydrogens is 1640 g/mol. The Bertz CT molecular complexity index is 5990. The number of nitrogens with two attached hydrogens (primary N) is 1. The van der Waals surface area contributed by atoms with Crippen LogP contribution in [0.5, 0.6) is 0 Å². The van der Waals surface area contributed by atoms with Gasteiger partial charge in [-0.05, 0) is 219 Å². The Kier molecular flexibility index (Phi) is 27.7. The highest BCUT2D eigenvalue weighted by molar-refractivity contribution is 6.66. The van der Waals surface area contributed by atoms with E-state index in [9.17, 15) is 61.0 Å². The average molecular weight is 1740 g/mol. The molecule has 0 bridgehead atoms. The molecule has 0 saturated carbocycles. The Balaban J connectivity index is 0.000000150. The fourth-order valence-electron chi connectivity index (χ4n) is 16.5. The topological polar surface area (TPSA) is 342 Å². The number of allylic oxidation sites excluding steroid dienone is 1. The second-order valence-corrected chi connectivity index (χ2v) is 32.8. The number of nitrogens with one attached hydrogen (secondary N) is 6. The first-order chi connectivity index (χ1) is 60.9. The smallest absolute Gasteiger partial charge is 0.414 e. The van der Waals surface area contributed by atoms with Gasteiger partial charge in [-0.15, -0.1) is 0 Å². The van der Waals surface area contributed by atoms with E-state index in [0.29, 0.717) is 103 Å². The second-order valence-electron chi connectivity index (χ2n) is 32.4. The SMILES string of the molecule is C=CC(=O)Cl.CC1CN(C(=O)c2ccc[nH]2)Cc2c(C(=O)Nc3ccc4c(c3)N(C(=O)OC(C)(C)C)CC4)nn(Cc3ccc(F)cc3)c21.CC1CN(C(=O)c2ccc[nH]2)Cc2c(C(=O)Nc3ccc4c(c3)NCC4)nn(Cc3ccc(F)cc3)c21.CC1CN(C(=O)c2ccc[nH]2)Cc2c(C(=O)O)nn(Cc3ccc(F)cc3)c21.Nc1ccc2c(c1)CCC2.[2H]CF. The number of carboxylic acids is 1. The van der Waals surface area contributed by atoms with E-state index in [1.807, 2.05) is 76.6 Å². The highest BCUT2D eigenvalue weighted by Crippen LogP contribution is 2.39. The van der Waals surface area contributed by atoms with E-state index in [1.165, 1.54) is 72.4 Å². The largest absolute Gasteiger partial charge is 0.476 e. The molecule has 5 aliphatic heterocycles. The van der Waals surface area contributed by atoms with Crippen molar-refractivity contribution in [3.05, 3.63) is 319 Å². The van der Waals surface area contributed by atoms with Gasteiger partial charge in [-0.3, -0.25) is 52.1 Å². The molecule has 3 unspecified atom stereocenters. The van der Waals surface area contributed by atoms with Crippen molar-refractivity contribution in [2.75, 3.05) is 66.5 Å². The quantitative estimate of drug-likeness (QED) is 0.0205. The number of carboxylic acid groups (broad SMARTS) is 1. The number of aromatic carboxylic acids is 1. The van der Waals surface area contributed by atoms with Crippen LogP contribution >= 0.6 is 11.6 Å². The summed E-state index contributed by atoms with van der Waals surface area (Å²) < 4.78 is 66.6. The van der Waals surface area contributed by atoms with Gasteiger partial charge in [-0.25, -0.2) is 22.8 Å². The van der Waals surface area contributed by atoms with Gasteiger partial charge in [0.1, 0.15) is 40.1 Å². The van der Waals surface area contributed by atoms with Crippen LogP contribution in [-0.2, 0) is 74.5 Å². The predicted octanol–water partition coefficient (Wildman–Crippen LogP) is 16.2. The van der Waals surface area contributed by atoms with Crippen LogP contribution in [0.4, 0.5) is 50.8 Å². The Labute approximate surface area is 731 Å². The number of aromatic amines is 3. The monoisotopic (exact) mass is 1740 g/mol. The first-order valence-electron chi connectivity index (χ1n) is 41.8. The number of nitrogen functional groups attached to an aromatic ring is 1. The molecule has 11 heterocycles. The molecule has 0 radical (unpaired) electrons. The summed E-state index contributed by atoms with van der Waals surface area (Å²) in [6.07, 6.45) is 11.1. The molecule has 0 saturated heterocycles. The van der Waals surface area contributed by atoms with Crippen LogP contribution < -0.4 is 26.6 Å². The number of carbonyl (C=O) groups is 8. The lowest BCUT2D eigenvalue weighted by Gasteiger charge is -2.32. The van der Waals surface area contributed by atoms with Crippen molar-refractivity contribution in [2.45, 2.75) is 136 Å². The third kappa shape index (κ3) is 21.2. The van der Waals surface area contributed by atoms with E-state index in [1.54, 1.807) is 132 Å². The van der Waals surface area contributed by atoms with Crippen LogP contribution in [0.15, 0.2) is 195 Å². The molecule has 18 rings (SSSR count). The summed E-state index contributed by atoms with van der Waals surface area (Å²) in [6, 6.07) is 46.5. The standard InChI is InChI=1S/C33H35FN6O4.C28H27FN6O2.C20H19FN4O3.C9H11N.C3H3ClO.CH3F/c1-20-17-38(31(42)26-6-5-14-35-26)19-25-28(37-40(29(20)25)18-21-7-10-23(34)11-8-21)30(41)36-24-12-9-22-13-15-39(27(22)16-24)32(43)44-33(2,3)4;1-17-14-34(28(37)23-3-2-11-30-23)16-22-25(27(36)32-21-9-6-19-10-12-31-24(19)13-21)33-35(26(17)22)15-18-4-7-20(29)8-5-18;1-12-9-24(19(26)16-3-2-8-22-16)11-15-17(20(27)28)23-25(18(12)15)10-13-4-6-14(21)7-5-13;10-9-5-4-7-2-1-3-8(7)6-9;1-2-3(4)5;1-2/h5-12,14,16,20,35H,13,15,17-19H2,1-4H3,(H,36,41);2-9,11,13,17,30-31H,10,12,14-16H2,1H3,(H,32,36);2-8,12,22H,9-11H2,1H3,(H,27,28);4-6H,1-3,10H2;2H,1H2;1H3/i;;;;;1D. The predicted molar refractivity (Wildman–Crippen MR) is 471 cm³/mol. The number of benzene rings is 6. The summed E-state index contributed by atoms with van der Waals surface area (Å²) >= 11 is 4.71. The molecule has 6 aromatic heterocycles. The number of ether oxygens (including phenoxy) is 1. The van der Waals surface area contributed by atoms with Gasteiger partial charge in [-0.2, -0.15) is 15.3 Å². The Morgan fingerprint density at radius 3 is 1.36 bits per heavy atom. The maximum atomic E-state index is 13.9. The number of alkyl halides is 1. The Morgan fingerprint density at radius 2 is 0.952 bits per heavy atom. The van der Waals surface area contributed by atoms with Gasteiger partial charge in [0, 0.05) is 126 Å². The highest BCUT2D eigenvalue weighted by Gasteiger charge is 2.39. The number of rotatable bonds is 15. The van der Waals surface area contributed by atoms with E-state index in [2.05, 4.69) is 54.7 Å². The van der Waals surface area contributed by atoms with Crippen molar-refractivity contribution in [1.29, 1.82) is 0 Å². The van der Waals surface area contributed by atoms with Gasteiger partial charge < -0.3 is 61.2 Å². The molecule has 6 aliphatic rings. The van der Waals surface area contributed by atoms with Crippen molar-refractivity contribution in [3.63, 3.8) is 0 Å². The lowest BCUT2D eigenvalue weighted by Crippen LogP contribution is -2.38. The normalized spacial score (nSPS) is 15.5. The number of fused-ring (bicyclic) bond motifs is 6. The summed E-state index contributed by atoms with van der Waals surface area (Å²) in [5.74, 6) is -3.57. The number of anilines is 5. The number of H-pyrrole nitrogens is 3. The number of amides is 6. The van der Waals surface area contributed by atoms with Crippen molar-refractivity contribution in [1.82, 2.24) is 59.0 Å². The second kappa shape index (κ2) is 39.6. The summed E-state index contributed by atoms with van der Waals surface area (Å²) in [4.78, 5) is 116. The molecule has 32 heteroatoms. The number of halogens is 5. The van der Waals surface area contributed by atoms with Crippen LogP contribution in [0.3, 0.4) is 0 Å². The minimum atomic E-state index is -1.13. The van der Waals surface area contributed by atoms with Crippen LogP contribution in [0.25, 0.3) is 0 Å². The van der Waals surface area contributed by atoms with Crippen molar-refractivity contribution in [3.8, 4) is 0 Å². The zero-order valence-corrected chi connectivity index (χ0v) is 71.2. The van der Waals surface area contributed by atoms with Gasteiger partial charge >= 0.3 is 12.1 Å². The van der Waals surface area contributed by atoms with E-state index < -0.39 is 36.0 Å². The van der Waals surface area contributed by atoms with Crippen molar-refractivity contribution >= 4 is 86.9 Å². The fraction of sp³-hybridized carbons (Fsp3) is 0.287. The highest BCUT2D eigenvalue weighted by atomic mass is 35.5. The molecule has 126 heavy (non-hydrogen) atoms. The summed E-state index contributed by atoms with van der Waals surface area (Å²) in [6.45, 7) is 19.0. The Hall–Kier alpha value is -14.1. The summed E-state index contributed by atoms with van der Waals surface area (Å²) in [7, 11) is -1.00. The molecule has 12 aromatic rings. The average Bonchev–Trinajstić information content (AvgIpc) is 1.62. The minimum absolute atomic E-state index is 0.0482. The number of hydrogen-bond acceptors (Lipinski definition) is 14. The van der Waals surface area contributed by atoms with Gasteiger partial charge in [0.15, 0.2) is 17.1 Å². The molecule has 9 N–H and O–H groups in total. The summed E-state index contributed by atoms with van der Waals surface area (Å²) in [5.41, 5.74) is 22.9. The third-order valence-corrected chi connectivity index (χ3v) is 22.3.